The molecule has 23 heavy (non-hydrogen) atoms. The number of nitrogens with zero attached hydrogens (tertiary/aromatic N) is 2. The van der Waals surface area contributed by atoms with Crippen LogP contribution < -0.4 is 4.90 Å². The summed E-state index contributed by atoms with van der Waals surface area (Å²) in [6.45, 7) is 0. The molecule has 0 aliphatic rings. The fraction of sp³-hybridized carbons (Fsp3) is 0.125. The second kappa shape index (κ2) is 6.27. The van der Waals surface area contributed by atoms with Gasteiger partial charge >= 0.3 is 5.97 Å². The fourth-order valence-electron chi connectivity index (χ4n) is 2.20. The molecule has 0 saturated heterocycles. The molecule has 7 nitrogen and oxygen atoms in total. The van der Waals surface area contributed by atoms with Crippen molar-refractivity contribution in [2.45, 2.75) is 0 Å². The highest BCUT2D eigenvalue weighted by molar-refractivity contribution is 6.15. The maximum absolute atomic E-state index is 12.7. The Morgan fingerprint density at radius 3 is 2.30 bits per heavy atom. The Balaban J connectivity index is 2.60. The molecule has 2 aromatic carbocycles. The zero-order chi connectivity index (χ0) is 17.1. The average molecular weight is 314 g/mol. The molecule has 2 aromatic rings. The maximum atomic E-state index is 12.7. The van der Waals surface area contributed by atoms with Crippen molar-refractivity contribution in [3.8, 4) is 0 Å². The lowest BCUT2D eigenvalue weighted by atomic mass is 9.98. The van der Waals surface area contributed by atoms with Crippen LogP contribution in [0.15, 0.2) is 42.5 Å². The number of para-hydroxylation sites is 1. The van der Waals surface area contributed by atoms with Crippen LogP contribution in [0.4, 0.5) is 11.4 Å². The van der Waals surface area contributed by atoms with Crippen LogP contribution in [0.5, 0.6) is 0 Å². The molecule has 7 heteroatoms. The van der Waals surface area contributed by atoms with E-state index in [-0.39, 0.29) is 22.4 Å². The monoisotopic (exact) mass is 314 g/mol. The Morgan fingerprint density at radius 2 is 1.74 bits per heavy atom. The SMILES string of the molecule is CN(C)c1cc(C(=O)O)ccc1C(=O)c1ccccc1[N+](=O)[O-]. The van der Waals surface area contributed by atoms with E-state index in [9.17, 15) is 19.7 Å². The maximum Gasteiger partial charge on any atom is 0.335 e. The standard InChI is InChI=1S/C16H14N2O5/c1-17(2)14-9-10(16(20)21)7-8-12(14)15(19)11-5-3-4-6-13(11)18(22)23/h3-9H,1-2H3,(H,20,21). The third-order valence-corrected chi connectivity index (χ3v) is 3.32. The van der Waals surface area contributed by atoms with E-state index >= 15 is 0 Å². The zero-order valence-electron chi connectivity index (χ0n) is 12.5. The highest BCUT2D eigenvalue weighted by atomic mass is 16.6. The van der Waals surface area contributed by atoms with Gasteiger partial charge in [0.2, 0.25) is 5.78 Å². The highest BCUT2D eigenvalue weighted by Gasteiger charge is 2.23. The molecule has 118 valence electrons. The van der Waals surface area contributed by atoms with Gasteiger partial charge in [-0.05, 0) is 24.3 Å². The molecule has 0 radical (unpaired) electrons. The molecule has 0 unspecified atom stereocenters. The first kappa shape index (κ1) is 16.2. The second-order valence-electron chi connectivity index (χ2n) is 5.03. The molecular weight excluding hydrogens is 300 g/mol. The molecule has 0 atom stereocenters. The summed E-state index contributed by atoms with van der Waals surface area (Å²) in [7, 11) is 3.33. The van der Waals surface area contributed by atoms with Crippen molar-refractivity contribution in [3.63, 3.8) is 0 Å². The lowest BCUT2D eigenvalue weighted by molar-refractivity contribution is -0.385. The number of carboxylic acid groups (broad SMARTS) is 1. The van der Waals surface area contributed by atoms with Crippen molar-refractivity contribution in [2.24, 2.45) is 0 Å². The number of carboxylic acids is 1. The van der Waals surface area contributed by atoms with E-state index in [0.29, 0.717) is 5.69 Å². The number of anilines is 1. The first-order chi connectivity index (χ1) is 10.8. The third kappa shape index (κ3) is 3.18. The topological polar surface area (TPSA) is 101 Å². The number of hydrogen-bond acceptors (Lipinski definition) is 5. The first-order valence-electron chi connectivity index (χ1n) is 6.65. The number of carbonyl (C=O) groups excluding carboxylic acids is 1. The van der Waals surface area contributed by atoms with Crippen molar-refractivity contribution in [1.82, 2.24) is 0 Å². The largest absolute Gasteiger partial charge is 0.478 e. The summed E-state index contributed by atoms with van der Waals surface area (Å²) >= 11 is 0. The van der Waals surface area contributed by atoms with Crippen LogP contribution in [0.1, 0.15) is 26.3 Å². The molecule has 2 rings (SSSR count). The van der Waals surface area contributed by atoms with Crippen LogP contribution in [-0.2, 0) is 0 Å². The number of carbonyl (C=O) groups is 2. The Kier molecular flexibility index (Phi) is 4.40. The van der Waals surface area contributed by atoms with Gasteiger partial charge in [0.1, 0.15) is 5.56 Å². The number of hydrogen-bond donors (Lipinski definition) is 1. The van der Waals surface area contributed by atoms with Gasteiger partial charge in [-0.3, -0.25) is 14.9 Å². The van der Waals surface area contributed by atoms with Gasteiger partial charge in [0, 0.05) is 31.4 Å². The van der Waals surface area contributed by atoms with Gasteiger partial charge in [-0.15, -0.1) is 0 Å². The lowest BCUT2D eigenvalue weighted by Gasteiger charge is -2.17. The predicted octanol–water partition coefficient (Wildman–Crippen LogP) is 2.59. The third-order valence-electron chi connectivity index (χ3n) is 3.32. The number of benzene rings is 2. The van der Waals surface area contributed by atoms with E-state index in [1.807, 2.05) is 0 Å². The number of ketones is 1. The molecule has 0 heterocycles. The Hall–Kier alpha value is -3.22. The van der Waals surface area contributed by atoms with Crippen molar-refractivity contribution in [1.29, 1.82) is 0 Å². The summed E-state index contributed by atoms with van der Waals surface area (Å²) in [6.07, 6.45) is 0. The van der Waals surface area contributed by atoms with E-state index in [4.69, 9.17) is 5.11 Å². The van der Waals surface area contributed by atoms with Crippen LogP contribution in [0.3, 0.4) is 0 Å². The molecule has 0 aromatic heterocycles. The Morgan fingerprint density at radius 1 is 1.09 bits per heavy atom. The highest BCUT2D eigenvalue weighted by Crippen LogP contribution is 2.27. The number of nitro groups is 1. The fourth-order valence-corrected chi connectivity index (χ4v) is 2.20. The zero-order valence-corrected chi connectivity index (χ0v) is 12.5. The summed E-state index contributed by atoms with van der Waals surface area (Å²) in [5, 5.41) is 20.1. The van der Waals surface area contributed by atoms with Gasteiger partial charge < -0.3 is 10.0 Å². The molecule has 0 amide bonds. The summed E-state index contributed by atoms with van der Waals surface area (Å²) < 4.78 is 0. The van der Waals surface area contributed by atoms with E-state index < -0.39 is 16.7 Å². The quantitative estimate of drug-likeness (QED) is 0.517. The Labute approximate surface area is 131 Å². The van der Waals surface area contributed by atoms with Crippen LogP contribution >= 0.6 is 0 Å². The molecule has 0 bridgehead atoms. The van der Waals surface area contributed by atoms with E-state index in [2.05, 4.69) is 0 Å². The molecule has 0 aliphatic heterocycles. The van der Waals surface area contributed by atoms with E-state index in [1.54, 1.807) is 25.1 Å². The minimum absolute atomic E-state index is 0.0350. The second-order valence-corrected chi connectivity index (χ2v) is 5.03. The van der Waals surface area contributed by atoms with Gasteiger partial charge in [-0.1, -0.05) is 12.1 Å². The molecule has 0 saturated carbocycles. The van der Waals surface area contributed by atoms with Gasteiger partial charge in [0.05, 0.1) is 10.5 Å². The van der Waals surface area contributed by atoms with Crippen LogP contribution in [0.25, 0.3) is 0 Å². The van der Waals surface area contributed by atoms with Crippen molar-refractivity contribution < 1.29 is 19.6 Å². The van der Waals surface area contributed by atoms with Crippen LogP contribution in [0.2, 0.25) is 0 Å². The number of rotatable bonds is 5. The van der Waals surface area contributed by atoms with E-state index in [1.165, 1.54) is 36.4 Å². The first-order valence-corrected chi connectivity index (χ1v) is 6.65. The average Bonchev–Trinajstić information content (AvgIpc) is 2.53. The molecule has 1 N–H and O–H groups in total. The normalized spacial score (nSPS) is 10.2. The van der Waals surface area contributed by atoms with Crippen molar-refractivity contribution >= 4 is 23.1 Å². The molecular formula is C16H14N2O5. The number of aromatic carboxylic acids is 1. The van der Waals surface area contributed by atoms with Crippen molar-refractivity contribution in [2.75, 3.05) is 19.0 Å². The summed E-state index contributed by atoms with van der Waals surface area (Å²) in [6, 6.07) is 9.70. The van der Waals surface area contributed by atoms with Gasteiger partial charge in [-0.25, -0.2) is 4.79 Å². The minimum Gasteiger partial charge on any atom is -0.478 e. The van der Waals surface area contributed by atoms with Crippen molar-refractivity contribution in [3.05, 3.63) is 69.3 Å². The minimum atomic E-state index is -1.11. The Bertz CT molecular complexity index is 799. The van der Waals surface area contributed by atoms with Crippen LogP contribution in [-0.4, -0.2) is 35.9 Å². The summed E-state index contributed by atoms with van der Waals surface area (Å²) in [5.74, 6) is -1.64. The molecule has 0 aliphatic carbocycles. The number of nitro benzene ring substituents is 1. The van der Waals surface area contributed by atoms with Gasteiger partial charge in [0.15, 0.2) is 0 Å². The van der Waals surface area contributed by atoms with Gasteiger partial charge in [0.25, 0.3) is 5.69 Å². The summed E-state index contributed by atoms with van der Waals surface area (Å²) in [4.78, 5) is 35.8. The predicted molar refractivity (Wildman–Crippen MR) is 84.3 cm³/mol. The van der Waals surface area contributed by atoms with Gasteiger partial charge in [-0.2, -0.15) is 0 Å². The lowest BCUT2D eigenvalue weighted by Crippen LogP contribution is -2.16. The molecule has 0 fully saturated rings. The smallest absolute Gasteiger partial charge is 0.335 e. The summed E-state index contributed by atoms with van der Waals surface area (Å²) in [5.41, 5.74) is 0.295. The van der Waals surface area contributed by atoms with E-state index in [0.717, 1.165) is 0 Å². The molecule has 0 spiro atoms. The van der Waals surface area contributed by atoms with Crippen LogP contribution in [0, 0.1) is 10.1 Å².